The molecule has 18 heavy (non-hydrogen) atoms. The molecule has 2 rings (SSSR count). The first-order valence-corrected chi connectivity index (χ1v) is 7.14. The van der Waals surface area contributed by atoms with Gasteiger partial charge in [0.05, 0.1) is 6.61 Å². The number of aryl methyl sites for hydroxylation is 1. The number of rotatable bonds is 6. The van der Waals surface area contributed by atoms with Crippen molar-refractivity contribution in [3.8, 4) is 0 Å². The van der Waals surface area contributed by atoms with E-state index in [9.17, 15) is 5.11 Å². The van der Waals surface area contributed by atoms with Crippen LogP contribution < -0.4 is 0 Å². The van der Waals surface area contributed by atoms with Crippen molar-refractivity contribution in [3.05, 3.63) is 35.4 Å². The summed E-state index contributed by atoms with van der Waals surface area (Å²) >= 11 is 0. The lowest BCUT2D eigenvalue weighted by atomic mass is 10.1. The van der Waals surface area contributed by atoms with E-state index < -0.39 is 6.10 Å². The van der Waals surface area contributed by atoms with Gasteiger partial charge in [0.1, 0.15) is 6.10 Å². The lowest BCUT2D eigenvalue weighted by Gasteiger charge is -2.14. The first kappa shape index (κ1) is 13.6. The van der Waals surface area contributed by atoms with E-state index >= 15 is 0 Å². The molecule has 100 valence electrons. The second kappa shape index (κ2) is 6.91. The van der Waals surface area contributed by atoms with Gasteiger partial charge in [-0.25, -0.2) is 0 Å². The van der Waals surface area contributed by atoms with Crippen LogP contribution in [0, 0.1) is 5.92 Å². The largest absolute Gasteiger partial charge is 0.386 e. The number of ether oxygens (including phenoxy) is 1. The van der Waals surface area contributed by atoms with Crippen LogP contribution in [-0.2, 0) is 11.2 Å². The average Bonchev–Trinajstić information content (AvgIpc) is 2.92. The minimum Gasteiger partial charge on any atom is -0.386 e. The van der Waals surface area contributed by atoms with Gasteiger partial charge in [0.25, 0.3) is 0 Å². The highest BCUT2D eigenvalue weighted by Gasteiger charge is 2.16. The lowest BCUT2D eigenvalue weighted by Crippen LogP contribution is -2.12. The molecule has 0 saturated heterocycles. The zero-order chi connectivity index (χ0) is 12.8. The molecule has 1 aromatic carbocycles. The van der Waals surface area contributed by atoms with E-state index in [4.69, 9.17) is 4.74 Å². The van der Waals surface area contributed by atoms with Crippen LogP contribution in [0.3, 0.4) is 0 Å². The fraction of sp³-hybridized carbons (Fsp3) is 0.625. The highest BCUT2D eigenvalue weighted by atomic mass is 16.5. The maximum Gasteiger partial charge on any atom is 0.102 e. The van der Waals surface area contributed by atoms with Crippen molar-refractivity contribution in [1.29, 1.82) is 0 Å². The highest BCUT2D eigenvalue weighted by molar-refractivity contribution is 5.24. The number of aliphatic hydroxyl groups is 1. The third kappa shape index (κ3) is 3.82. The van der Waals surface area contributed by atoms with Crippen LogP contribution in [0.4, 0.5) is 0 Å². The summed E-state index contributed by atoms with van der Waals surface area (Å²) in [4.78, 5) is 0. The van der Waals surface area contributed by atoms with Crippen molar-refractivity contribution in [2.45, 2.75) is 45.1 Å². The van der Waals surface area contributed by atoms with Crippen molar-refractivity contribution >= 4 is 0 Å². The van der Waals surface area contributed by atoms with Crippen LogP contribution in [0.2, 0.25) is 0 Å². The van der Waals surface area contributed by atoms with Crippen LogP contribution in [0.5, 0.6) is 0 Å². The van der Waals surface area contributed by atoms with Crippen molar-refractivity contribution < 1.29 is 9.84 Å². The Morgan fingerprint density at radius 3 is 2.50 bits per heavy atom. The normalized spacial score (nSPS) is 18.1. The van der Waals surface area contributed by atoms with Gasteiger partial charge in [-0.15, -0.1) is 0 Å². The standard InChI is InChI=1S/C16H24O2/c1-2-13-7-9-15(10-8-13)16(17)12-18-11-14-5-3-4-6-14/h7-10,14,16-17H,2-6,11-12H2,1H3. The SMILES string of the molecule is CCc1ccc(C(O)COCC2CCCC2)cc1. The molecule has 2 heteroatoms. The van der Waals surface area contributed by atoms with Gasteiger partial charge in [-0.05, 0) is 36.3 Å². The topological polar surface area (TPSA) is 29.5 Å². The van der Waals surface area contributed by atoms with Crippen molar-refractivity contribution in [2.24, 2.45) is 5.92 Å². The van der Waals surface area contributed by atoms with E-state index in [0.29, 0.717) is 6.61 Å². The minimum absolute atomic E-state index is 0.419. The van der Waals surface area contributed by atoms with E-state index in [-0.39, 0.29) is 0 Å². The second-order valence-corrected chi connectivity index (χ2v) is 5.30. The Kier molecular flexibility index (Phi) is 5.21. The smallest absolute Gasteiger partial charge is 0.102 e. The predicted octanol–water partition coefficient (Wildman–Crippen LogP) is 3.49. The van der Waals surface area contributed by atoms with Gasteiger partial charge in [0, 0.05) is 6.61 Å². The third-order valence-electron chi connectivity index (χ3n) is 3.88. The summed E-state index contributed by atoms with van der Waals surface area (Å²) in [5.41, 5.74) is 2.26. The average molecular weight is 248 g/mol. The summed E-state index contributed by atoms with van der Waals surface area (Å²) in [6.45, 7) is 3.36. The molecule has 0 aliphatic heterocycles. The first-order chi connectivity index (χ1) is 8.79. The van der Waals surface area contributed by atoms with E-state index in [0.717, 1.165) is 24.5 Å². The van der Waals surface area contributed by atoms with Crippen LogP contribution in [0.15, 0.2) is 24.3 Å². The summed E-state index contributed by atoms with van der Waals surface area (Å²) in [6.07, 6.45) is 5.82. The highest BCUT2D eigenvalue weighted by Crippen LogP contribution is 2.25. The molecule has 1 fully saturated rings. The fourth-order valence-electron chi connectivity index (χ4n) is 2.60. The van der Waals surface area contributed by atoms with E-state index in [1.54, 1.807) is 0 Å². The van der Waals surface area contributed by atoms with Crippen LogP contribution in [0.1, 0.15) is 49.8 Å². The quantitative estimate of drug-likeness (QED) is 0.835. The molecule has 2 nitrogen and oxygen atoms in total. The molecular formula is C16H24O2. The Bertz CT molecular complexity index is 339. The van der Waals surface area contributed by atoms with Crippen molar-refractivity contribution in [3.63, 3.8) is 0 Å². The third-order valence-corrected chi connectivity index (χ3v) is 3.88. The monoisotopic (exact) mass is 248 g/mol. The number of benzene rings is 1. The molecule has 1 atom stereocenters. The molecule has 0 amide bonds. The predicted molar refractivity (Wildman–Crippen MR) is 73.6 cm³/mol. The molecule has 0 bridgehead atoms. The zero-order valence-electron chi connectivity index (χ0n) is 11.3. The summed E-state index contributed by atoms with van der Waals surface area (Å²) in [7, 11) is 0. The molecule has 1 saturated carbocycles. The molecule has 0 aromatic heterocycles. The Balaban J connectivity index is 1.74. The zero-order valence-corrected chi connectivity index (χ0v) is 11.3. The minimum atomic E-state index is -0.489. The van der Waals surface area contributed by atoms with Gasteiger partial charge in [0.15, 0.2) is 0 Å². The first-order valence-electron chi connectivity index (χ1n) is 7.14. The molecular weight excluding hydrogens is 224 g/mol. The van der Waals surface area contributed by atoms with Gasteiger partial charge < -0.3 is 9.84 Å². The van der Waals surface area contributed by atoms with E-state index in [1.807, 2.05) is 12.1 Å². The van der Waals surface area contributed by atoms with Gasteiger partial charge in [0.2, 0.25) is 0 Å². The molecule has 0 spiro atoms. The molecule has 0 radical (unpaired) electrons. The van der Waals surface area contributed by atoms with Gasteiger partial charge >= 0.3 is 0 Å². The number of hydrogen-bond acceptors (Lipinski definition) is 2. The Hall–Kier alpha value is -0.860. The molecule has 0 heterocycles. The number of hydrogen-bond donors (Lipinski definition) is 1. The Morgan fingerprint density at radius 2 is 1.89 bits per heavy atom. The summed E-state index contributed by atoms with van der Waals surface area (Å²) < 4.78 is 5.64. The summed E-state index contributed by atoms with van der Waals surface area (Å²) in [6, 6.07) is 8.16. The van der Waals surface area contributed by atoms with E-state index in [2.05, 4.69) is 19.1 Å². The molecule has 1 N–H and O–H groups in total. The molecule has 1 aromatic rings. The maximum atomic E-state index is 10.0. The Labute approximate surface area is 110 Å². The fourth-order valence-corrected chi connectivity index (χ4v) is 2.60. The second-order valence-electron chi connectivity index (χ2n) is 5.30. The van der Waals surface area contributed by atoms with Gasteiger partial charge in [-0.2, -0.15) is 0 Å². The van der Waals surface area contributed by atoms with E-state index in [1.165, 1.54) is 31.2 Å². The van der Waals surface area contributed by atoms with Gasteiger partial charge in [-0.1, -0.05) is 44.0 Å². The van der Waals surface area contributed by atoms with Crippen molar-refractivity contribution in [2.75, 3.05) is 13.2 Å². The molecule has 1 aliphatic rings. The van der Waals surface area contributed by atoms with Gasteiger partial charge in [-0.3, -0.25) is 0 Å². The maximum absolute atomic E-state index is 10.0. The lowest BCUT2D eigenvalue weighted by molar-refractivity contribution is 0.0212. The molecule has 1 unspecified atom stereocenters. The van der Waals surface area contributed by atoms with Crippen molar-refractivity contribution in [1.82, 2.24) is 0 Å². The Morgan fingerprint density at radius 1 is 1.22 bits per heavy atom. The van der Waals surface area contributed by atoms with Crippen LogP contribution >= 0.6 is 0 Å². The number of aliphatic hydroxyl groups excluding tert-OH is 1. The van der Waals surface area contributed by atoms with Crippen LogP contribution in [-0.4, -0.2) is 18.3 Å². The summed E-state index contributed by atoms with van der Waals surface area (Å²) in [5, 5.41) is 10.0. The summed E-state index contributed by atoms with van der Waals surface area (Å²) in [5.74, 6) is 0.722. The van der Waals surface area contributed by atoms with Crippen LogP contribution in [0.25, 0.3) is 0 Å². The molecule has 1 aliphatic carbocycles.